The molecule has 1 aromatic heterocycles. The molecule has 2 heterocycles. The Morgan fingerprint density at radius 1 is 1.39 bits per heavy atom. The first kappa shape index (κ1) is 16.4. The van der Waals surface area contributed by atoms with Gasteiger partial charge in [-0.3, -0.25) is 4.90 Å². The molecule has 4 nitrogen and oxygen atoms in total. The summed E-state index contributed by atoms with van der Waals surface area (Å²) < 4.78 is 5.64. The van der Waals surface area contributed by atoms with Crippen molar-refractivity contribution >= 4 is 11.3 Å². The molecule has 1 aliphatic heterocycles. The van der Waals surface area contributed by atoms with Gasteiger partial charge in [-0.25, -0.2) is 4.98 Å². The second-order valence-electron chi connectivity index (χ2n) is 6.20. The summed E-state index contributed by atoms with van der Waals surface area (Å²) in [5, 5.41) is 13.6. The van der Waals surface area contributed by atoms with Crippen LogP contribution in [0.3, 0.4) is 0 Å². The molecule has 1 fully saturated rings. The maximum atomic E-state index is 10.2. The lowest BCUT2D eigenvalue weighted by Gasteiger charge is -2.33. The number of aryl methyl sites for hydroxylation is 1. The topological polar surface area (TPSA) is 45.6 Å². The number of β-amino-alcohol motifs (C(OH)–C–C–N with tert-alkyl or cyclic N) is 1. The summed E-state index contributed by atoms with van der Waals surface area (Å²) in [6.07, 6.45) is 1.89. The quantitative estimate of drug-likeness (QED) is 0.883. The smallest absolute Gasteiger partial charge is 0.119 e. The van der Waals surface area contributed by atoms with Crippen LogP contribution in [0, 0.1) is 6.92 Å². The average molecular weight is 332 g/mol. The molecule has 0 amide bonds. The van der Waals surface area contributed by atoms with Crippen molar-refractivity contribution in [1.82, 2.24) is 9.88 Å². The molecular weight excluding hydrogens is 308 g/mol. The number of ether oxygens (including phenoxy) is 1. The van der Waals surface area contributed by atoms with Gasteiger partial charge < -0.3 is 9.84 Å². The van der Waals surface area contributed by atoms with Crippen molar-refractivity contribution in [1.29, 1.82) is 0 Å². The Morgan fingerprint density at radius 2 is 2.22 bits per heavy atom. The number of aliphatic hydroxyl groups excluding tert-OH is 1. The molecule has 23 heavy (non-hydrogen) atoms. The fourth-order valence-corrected chi connectivity index (χ4v) is 3.97. The zero-order chi connectivity index (χ0) is 16.1. The van der Waals surface area contributed by atoms with Gasteiger partial charge in [-0.05, 0) is 38.4 Å². The Balaban J connectivity index is 1.47. The minimum absolute atomic E-state index is 0.335. The van der Waals surface area contributed by atoms with E-state index in [0.29, 0.717) is 19.1 Å². The lowest BCUT2D eigenvalue weighted by atomic mass is 9.98. The monoisotopic (exact) mass is 332 g/mol. The zero-order valence-electron chi connectivity index (χ0n) is 13.5. The molecule has 2 aromatic rings. The summed E-state index contributed by atoms with van der Waals surface area (Å²) in [4.78, 5) is 6.97. The average Bonchev–Trinajstić information content (AvgIpc) is 3.01. The minimum atomic E-state index is -0.466. The van der Waals surface area contributed by atoms with Crippen LogP contribution in [0.15, 0.2) is 35.7 Å². The van der Waals surface area contributed by atoms with Crippen molar-refractivity contribution in [3.05, 3.63) is 46.4 Å². The number of thiazole rings is 1. The predicted octanol–water partition coefficient (Wildman–Crippen LogP) is 3.07. The van der Waals surface area contributed by atoms with Gasteiger partial charge in [0.1, 0.15) is 18.5 Å². The van der Waals surface area contributed by atoms with Crippen LogP contribution in [0.1, 0.15) is 29.5 Å². The Hall–Kier alpha value is -1.43. The van der Waals surface area contributed by atoms with Gasteiger partial charge in [-0.1, -0.05) is 18.2 Å². The number of aromatic nitrogens is 1. The van der Waals surface area contributed by atoms with Gasteiger partial charge in [0.25, 0.3) is 0 Å². The summed E-state index contributed by atoms with van der Waals surface area (Å²) in [5.41, 5.74) is 1.11. The maximum absolute atomic E-state index is 10.2. The van der Waals surface area contributed by atoms with Crippen molar-refractivity contribution in [2.45, 2.75) is 31.8 Å². The van der Waals surface area contributed by atoms with Crippen molar-refractivity contribution in [2.75, 3.05) is 26.2 Å². The predicted molar refractivity (Wildman–Crippen MR) is 93.2 cm³/mol. The second kappa shape index (κ2) is 7.90. The molecular formula is C18H24N2O2S. The lowest BCUT2D eigenvalue weighted by molar-refractivity contribution is 0.0583. The number of rotatable bonds is 6. The Morgan fingerprint density at radius 3 is 2.96 bits per heavy atom. The summed E-state index contributed by atoms with van der Waals surface area (Å²) >= 11 is 1.76. The molecule has 1 saturated heterocycles. The summed E-state index contributed by atoms with van der Waals surface area (Å²) in [5.74, 6) is 1.31. The molecule has 0 aliphatic carbocycles. The minimum Gasteiger partial charge on any atom is -0.491 e. The summed E-state index contributed by atoms with van der Waals surface area (Å²) in [6.45, 7) is 5.07. The molecule has 2 unspecified atom stereocenters. The van der Waals surface area contributed by atoms with Crippen LogP contribution >= 0.6 is 11.3 Å². The molecule has 0 spiro atoms. The molecule has 124 valence electrons. The summed E-state index contributed by atoms with van der Waals surface area (Å²) in [7, 11) is 0. The first-order chi connectivity index (χ1) is 11.2. The van der Waals surface area contributed by atoms with Gasteiger partial charge in [0, 0.05) is 30.1 Å². The van der Waals surface area contributed by atoms with E-state index in [9.17, 15) is 5.11 Å². The van der Waals surface area contributed by atoms with E-state index in [0.717, 1.165) is 31.0 Å². The standard InChI is InChI=1S/C18H24N2O2S/c1-14-13-23-18(19-14)15-6-5-9-20(10-15)11-16(21)12-22-17-7-3-2-4-8-17/h2-4,7-8,13,15-16,21H,5-6,9-12H2,1H3. The third-order valence-corrected chi connectivity index (χ3v) is 5.27. The van der Waals surface area contributed by atoms with Crippen LogP contribution in [0.2, 0.25) is 0 Å². The van der Waals surface area contributed by atoms with Gasteiger partial charge in [-0.15, -0.1) is 11.3 Å². The lowest BCUT2D eigenvalue weighted by Crippen LogP contribution is -2.41. The van der Waals surface area contributed by atoms with Crippen LogP contribution in [0.4, 0.5) is 0 Å². The SMILES string of the molecule is Cc1csc(C2CCCN(CC(O)COc3ccccc3)C2)n1. The Labute approximate surface area is 141 Å². The van der Waals surface area contributed by atoms with E-state index in [2.05, 4.69) is 15.3 Å². The van der Waals surface area contributed by atoms with Crippen LogP contribution < -0.4 is 4.74 Å². The number of benzene rings is 1. The third kappa shape index (κ3) is 4.77. The van der Waals surface area contributed by atoms with Crippen molar-refractivity contribution in [2.24, 2.45) is 0 Å². The maximum Gasteiger partial charge on any atom is 0.119 e. The molecule has 1 aromatic carbocycles. The van der Waals surface area contributed by atoms with E-state index in [1.807, 2.05) is 37.3 Å². The molecule has 0 bridgehead atoms. The van der Waals surface area contributed by atoms with Gasteiger partial charge in [0.05, 0.1) is 5.01 Å². The number of nitrogens with zero attached hydrogens (tertiary/aromatic N) is 2. The van der Waals surface area contributed by atoms with Crippen molar-refractivity contribution < 1.29 is 9.84 Å². The molecule has 0 saturated carbocycles. The number of aliphatic hydroxyl groups is 1. The number of para-hydroxylation sites is 1. The Kier molecular flexibility index (Phi) is 5.65. The normalized spacial score (nSPS) is 20.3. The highest BCUT2D eigenvalue weighted by Gasteiger charge is 2.24. The van der Waals surface area contributed by atoms with Gasteiger partial charge in [0.2, 0.25) is 0 Å². The number of likely N-dealkylation sites (tertiary alicyclic amines) is 1. The van der Waals surface area contributed by atoms with E-state index < -0.39 is 6.10 Å². The molecule has 5 heteroatoms. The van der Waals surface area contributed by atoms with Gasteiger partial charge >= 0.3 is 0 Å². The van der Waals surface area contributed by atoms with Gasteiger partial charge in [0.15, 0.2) is 0 Å². The fraction of sp³-hybridized carbons (Fsp3) is 0.500. The molecule has 3 rings (SSSR count). The first-order valence-electron chi connectivity index (χ1n) is 8.21. The molecule has 1 aliphatic rings. The fourth-order valence-electron chi connectivity index (χ4n) is 3.04. The van der Waals surface area contributed by atoms with E-state index >= 15 is 0 Å². The number of hydrogen-bond acceptors (Lipinski definition) is 5. The second-order valence-corrected chi connectivity index (χ2v) is 7.09. The molecule has 0 radical (unpaired) electrons. The highest BCUT2D eigenvalue weighted by atomic mass is 32.1. The molecule has 2 atom stereocenters. The van der Waals surface area contributed by atoms with E-state index in [4.69, 9.17) is 4.74 Å². The van der Waals surface area contributed by atoms with Crippen molar-refractivity contribution in [3.8, 4) is 5.75 Å². The van der Waals surface area contributed by atoms with Gasteiger partial charge in [-0.2, -0.15) is 0 Å². The molecule has 1 N–H and O–H groups in total. The largest absolute Gasteiger partial charge is 0.491 e. The van der Waals surface area contributed by atoms with E-state index in [1.54, 1.807) is 11.3 Å². The summed E-state index contributed by atoms with van der Waals surface area (Å²) in [6, 6.07) is 9.65. The van der Waals surface area contributed by atoms with Crippen LogP contribution in [-0.4, -0.2) is 47.3 Å². The highest BCUT2D eigenvalue weighted by molar-refractivity contribution is 7.09. The van der Waals surface area contributed by atoms with E-state index in [1.165, 1.54) is 11.4 Å². The van der Waals surface area contributed by atoms with Crippen molar-refractivity contribution in [3.63, 3.8) is 0 Å². The zero-order valence-corrected chi connectivity index (χ0v) is 14.3. The Bertz CT molecular complexity index is 602. The third-order valence-electron chi connectivity index (χ3n) is 4.15. The van der Waals surface area contributed by atoms with E-state index in [-0.39, 0.29) is 0 Å². The number of hydrogen-bond donors (Lipinski definition) is 1. The number of piperidine rings is 1. The first-order valence-corrected chi connectivity index (χ1v) is 9.09. The highest BCUT2D eigenvalue weighted by Crippen LogP contribution is 2.29. The van der Waals surface area contributed by atoms with Crippen LogP contribution in [-0.2, 0) is 0 Å². The van der Waals surface area contributed by atoms with Crippen LogP contribution in [0.25, 0.3) is 0 Å². The van der Waals surface area contributed by atoms with Crippen LogP contribution in [0.5, 0.6) is 5.75 Å².